The maximum Gasteiger partial charge on any atom is 0.149 e. The lowest BCUT2D eigenvalue weighted by molar-refractivity contribution is -0.125. The van der Waals surface area contributed by atoms with Crippen molar-refractivity contribution in [3.63, 3.8) is 0 Å². The number of hydrogen-bond acceptors (Lipinski definition) is 4. The van der Waals surface area contributed by atoms with Crippen molar-refractivity contribution in [2.75, 3.05) is 40.3 Å². The Morgan fingerprint density at radius 3 is 2.17 bits per heavy atom. The fourth-order valence-corrected chi connectivity index (χ4v) is 3.41. The van der Waals surface area contributed by atoms with Crippen LogP contribution in [0.2, 0.25) is 0 Å². The van der Waals surface area contributed by atoms with Gasteiger partial charge in [-0.2, -0.15) is 0 Å². The highest BCUT2D eigenvalue weighted by Gasteiger charge is 2.39. The molecule has 4 heteroatoms. The number of carbonyl (C=O) groups excluding carboxylic acids is 1. The molecule has 0 bridgehead atoms. The number of piperidine rings is 2. The average Bonchev–Trinajstić information content (AvgIpc) is 2.39. The zero-order chi connectivity index (χ0) is 13.2. The van der Waals surface area contributed by atoms with Crippen molar-refractivity contribution in [2.24, 2.45) is 0 Å². The van der Waals surface area contributed by atoms with E-state index in [1.807, 2.05) is 7.05 Å². The number of carbonyl (C=O) groups is 1. The van der Waals surface area contributed by atoms with Gasteiger partial charge in [-0.3, -0.25) is 4.79 Å². The molecule has 0 radical (unpaired) electrons. The minimum absolute atomic E-state index is 0.248. The molecule has 2 fully saturated rings. The van der Waals surface area contributed by atoms with Crippen LogP contribution in [0.4, 0.5) is 0 Å². The molecule has 104 valence electrons. The Morgan fingerprint density at radius 2 is 1.72 bits per heavy atom. The predicted octanol–water partition coefficient (Wildman–Crippen LogP) is 0.724. The second-order valence-electron chi connectivity index (χ2n) is 5.96. The van der Waals surface area contributed by atoms with Crippen molar-refractivity contribution < 1.29 is 4.79 Å². The Balaban J connectivity index is 1.88. The summed E-state index contributed by atoms with van der Waals surface area (Å²) in [5.74, 6) is 0.299. The zero-order valence-corrected chi connectivity index (χ0v) is 12.0. The van der Waals surface area contributed by atoms with Crippen LogP contribution in [0.5, 0.6) is 0 Å². The van der Waals surface area contributed by atoms with Crippen LogP contribution in [0.15, 0.2) is 0 Å². The summed E-state index contributed by atoms with van der Waals surface area (Å²) in [7, 11) is 4.13. The van der Waals surface area contributed by atoms with Gasteiger partial charge >= 0.3 is 0 Å². The third-order valence-corrected chi connectivity index (χ3v) is 5.01. The molecule has 0 aliphatic carbocycles. The normalized spacial score (nSPS) is 27.3. The highest BCUT2D eigenvalue weighted by Crippen LogP contribution is 2.27. The molecule has 0 spiro atoms. The molecule has 2 rings (SSSR count). The molecule has 4 nitrogen and oxygen atoms in total. The number of ketones is 1. The Bertz CT molecular complexity index is 289. The molecule has 2 saturated heterocycles. The largest absolute Gasteiger partial charge is 0.308 e. The van der Waals surface area contributed by atoms with Gasteiger partial charge in [0.05, 0.1) is 5.54 Å². The fraction of sp³-hybridized carbons (Fsp3) is 0.929. The first-order chi connectivity index (χ1) is 8.57. The second-order valence-corrected chi connectivity index (χ2v) is 5.96. The van der Waals surface area contributed by atoms with Crippen molar-refractivity contribution in [3.8, 4) is 0 Å². The van der Waals surface area contributed by atoms with Gasteiger partial charge in [0, 0.05) is 19.1 Å². The molecule has 2 aliphatic rings. The van der Waals surface area contributed by atoms with Gasteiger partial charge < -0.3 is 15.1 Å². The molecule has 18 heavy (non-hydrogen) atoms. The summed E-state index contributed by atoms with van der Waals surface area (Å²) in [5, 5.41) is 3.26. The van der Waals surface area contributed by atoms with Crippen LogP contribution in [-0.4, -0.2) is 67.4 Å². The Hall–Kier alpha value is -0.450. The molecule has 0 unspecified atom stereocenters. The summed E-state index contributed by atoms with van der Waals surface area (Å²) in [5.41, 5.74) is -0.248. The van der Waals surface area contributed by atoms with Crippen molar-refractivity contribution in [1.29, 1.82) is 0 Å². The number of nitrogens with zero attached hydrogens (tertiary/aromatic N) is 2. The smallest absolute Gasteiger partial charge is 0.149 e. The Labute approximate surface area is 111 Å². The summed E-state index contributed by atoms with van der Waals surface area (Å²) in [6.07, 6.45) is 4.49. The quantitative estimate of drug-likeness (QED) is 0.804. The molecule has 0 aromatic carbocycles. The van der Waals surface area contributed by atoms with Crippen molar-refractivity contribution in [1.82, 2.24) is 15.1 Å². The number of likely N-dealkylation sites (N-methyl/N-ethyl adjacent to an activating group) is 1. The van der Waals surface area contributed by atoms with Gasteiger partial charge in [0.15, 0.2) is 0 Å². The van der Waals surface area contributed by atoms with Gasteiger partial charge in [0.2, 0.25) is 0 Å². The highest BCUT2D eigenvalue weighted by atomic mass is 16.1. The standard InChI is InChI=1S/C14H27N3O/c1-12(18)14(15-2)6-10-17(11-7-14)13-4-8-16(3)9-5-13/h13,15H,4-11H2,1-3H3. The molecule has 0 aromatic heterocycles. The molecule has 2 aliphatic heterocycles. The molecule has 1 N–H and O–H groups in total. The summed E-state index contributed by atoms with van der Waals surface area (Å²) >= 11 is 0. The number of likely N-dealkylation sites (tertiary alicyclic amines) is 2. The Morgan fingerprint density at radius 1 is 1.17 bits per heavy atom. The predicted molar refractivity (Wildman–Crippen MR) is 73.8 cm³/mol. The van der Waals surface area contributed by atoms with Crippen molar-refractivity contribution >= 4 is 5.78 Å². The molecule has 0 amide bonds. The van der Waals surface area contributed by atoms with Crippen LogP contribution in [0.25, 0.3) is 0 Å². The highest BCUT2D eigenvalue weighted by molar-refractivity contribution is 5.86. The molecular formula is C14H27N3O. The first-order valence-electron chi connectivity index (χ1n) is 7.20. The van der Waals surface area contributed by atoms with E-state index < -0.39 is 0 Å². The maximum atomic E-state index is 11.8. The van der Waals surface area contributed by atoms with E-state index in [0.717, 1.165) is 32.0 Å². The van der Waals surface area contributed by atoms with E-state index >= 15 is 0 Å². The third-order valence-electron chi connectivity index (χ3n) is 5.01. The van der Waals surface area contributed by atoms with E-state index in [9.17, 15) is 4.79 Å². The zero-order valence-electron chi connectivity index (χ0n) is 12.0. The van der Waals surface area contributed by atoms with Crippen LogP contribution in [0, 0.1) is 0 Å². The molecular weight excluding hydrogens is 226 g/mol. The molecule has 0 saturated carbocycles. The minimum atomic E-state index is -0.248. The summed E-state index contributed by atoms with van der Waals surface area (Å²) < 4.78 is 0. The van der Waals surface area contributed by atoms with Crippen molar-refractivity contribution in [3.05, 3.63) is 0 Å². The van der Waals surface area contributed by atoms with Gasteiger partial charge in [-0.15, -0.1) is 0 Å². The van der Waals surface area contributed by atoms with Gasteiger partial charge in [0.1, 0.15) is 5.78 Å². The van der Waals surface area contributed by atoms with E-state index in [1.54, 1.807) is 6.92 Å². The van der Waals surface area contributed by atoms with E-state index in [4.69, 9.17) is 0 Å². The van der Waals surface area contributed by atoms with Crippen LogP contribution >= 0.6 is 0 Å². The number of nitrogens with one attached hydrogen (secondary N) is 1. The average molecular weight is 253 g/mol. The summed E-state index contributed by atoms with van der Waals surface area (Å²) in [6.45, 7) is 6.28. The molecule has 2 heterocycles. The summed E-state index contributed by atoms with van der Waals surface area (Å²) in [6, 6.07) is 0.739. The van der Waals surface area contributed by atoms with Gasteiger partial charge in [-0.25, -0.2) is 0 Å². The number of rotatable bonds is 3. The lowest BCUT2D eigenvalue weighted by Crippen LogP contribution is -2.58. The lowest BCUT2D eigenvalue weighted by atomic mass is 9.83. The SMILES string of the molecule is CNC1(C(C)=O)CCN(C2CCN(C)CC2)CC1. The van der Waals surface area contributed by atoms with Crippen LogP contribution in [0.1, 0.15) is 32.6 Å². The van der Waals surface area contributed by atoms with Gasteiger partial charge in [0.25, 0.3) is 0 Å². The van der Waals surface area contributed by atoms with Gasteiger partial charge in [-0.1, -0.05) is 0 Å². The first kappa shape index (κ1) is 14.0. The third kappa shape index (κ3) is 2.76. The van der Waals surface area contributed by atoms with Crippen LogP contribution in [0.3, 0.4) is 0 Å². The molecule has 0 atom stereocenters. The van der Waals surface area contributed by atoms with Crippen LogP contribution < -0.4 is 5.32 Å². The van der Waals surface area contributed by atoms with E-state index in [2.05, 4.69) is 22.2 Å². The first-order valence-corrected chi connectivity index (χ1v) is 7.20. The minimum Gasteiger partial charge on any atom is -0.308 e. The summed E-state index contributed by atoms with van der Waals surface area (Å²) in [4.78, 5) is 16.8. The van der Waals surface area contributed by atoms with E-state index in [-0.39, 0.29) is 5.54 Å². The molecule has 0 aromatic rings. The van der Waals surface area contributed by atoms with E-state index in [0.29, 0.717) is 5.78 Å². The lowest BCUT2D eigenvalue weighted by Gasteiger charge is -2.45. The fourth-order valence-electron chi connectivity index (χ4n) is 3.41. The second kappa shape index (κ2) is 5.68. The number of hydrogen-bond donors (Lipinski definition) is 1. The van der Waals surface area contributed by atoms with Gasteiger partial charge in [-0.05, 0) is 59.8 Å². The van der Waals surface area contributed by atoms with Crippen LogP contribution in [-0.2, 0) is 4.79 Å². The Kier molecular flexibility index (Phi) is 4.41. The van der Waals surface area contributed by atoms with E-state index in [1.165, 1.54) is 25.9 Å². The van der Waals surface area contributed by atoms with Crippen molar-refractivity contribution in [2.45, 2.75) is 44.2 Å². The topological polar surface area (TPSA) is 35.6 Å². The maximum absolute atomic E-state index is 11.8. The number of Topliss-reactive ketones (excluding diaryl/α,β-unsaturated/α-hetero) is 1. The monoisotopic (exact) mass is 253 g/mol.